The molecule has 0 amide bonds. The van der Waals surface area contributed by atoms with Gasteiger partial charge in [-0.1, -0.05) is 48.0 Å². The van der Waals surface area contributed by atoms with E-state index in [2.05, 4.69) is 10.3 Å². The summed E-state index contributed by atoms with van der Waals surface area (Å²) in [6.07, 6.45) is 3.54. The Labute approximate surface area is 168 Å². The molecule has 28 heavy (non-hydrogen) atoms. The van der Waals surface area contributed by atoms with E-state index in [0.29, 0.717) is 17.4 Å². The summed E-state index contributed by atoms with van der Waals surface area (Å²) in [5.74, 6) is 0.706. The number of halogens is 1. The fraction of sp³-hybridized carbons (Fsp3) is 0.0435. The summed E-state index contributed by atoms with van der Waals surface area (Å²) in [6.45, 7) is 0.555. The molecule has 4 aromatic rings. The smallest absolute Gasteiger partial charge is 0.257 e. The Bertz CT molecular complexity index is 1120. The van der Waals surface area contributed by atoms with Gasteiger partial charge in [-0.15, -0.1) is 0 Å². The number of hydrogen-bond donors (Lipinski definition) is 1. The van der Waals surface area contributed by atoms with Gasteiger partial charge in [-0.25, -0.2) is 0 Å². The number of pyridine rings is 2. The molecular formula is C23H18ClN3O. The average Bonchev–Trinajstić information content (AvgIpc) is 2.74. The van der Waals surface area contributed by atoms with E-state index in [1.54, 1.807) is 35.2 Å². The quantitative estimate of drug-likeness (QED) is 0.514. The van der Waals surface area contributed by atoms with E-state index in [1.807, 2.05) is 60.7 Å². The van der Waals surface area contributed by atoms with Gasteiger partial charge in [-0.2, -0.15) is 0 Å². The van der Waals surface area contributed by atoms with Gasteiger partial charge in [0, 0.05) is 30.0 Å². The number of nitrogens with zero attached hydrogens (tertiary/aromatic N) is 2. The van der Waals surface area contributed by atoms with Gasteiger partial charge < -0.3 is 5.32 Å². The van der Waals surface area contributed by atoms with Crippen molar-refractivity contribution in [2.24, 2.45) is 0 Å². The van der Waals surface area contributed by atoms with Gasteiger partial charge in [0.05, 0.1) is 5.69 Å². The number of anilines is 1. The highest BCUT2D eigenvalue weighted by atomic mass is 35.5. The highest BCUT2D eigenvalue weighted by molar-refractivity contribution is 6.30. The number of hydrogen-bond acceptors (Lipinski definition) is 3. The lowest BCUT2D eigenvalue weighted by molar-refractivity contribution is 0.963. The molecule has 1 N–H and O–H groups in total. The molecular weight excluding hydrogens is 370 g/mol. The van der Waals surface area contributed by atoms with Gasteiger partial charge in [-0.05, 0) is 53.1 Å². The highest BCUT2D eigenvalue weighted by Gasteiger charge is 2.10. The zero-order valence-corrected chi connectivity index (χ0v) is 15.8. The van der Waals surface area contributed by atoms with Crippen molar-refractivity contribution >= 4 is 17.4 Å². The maximum Gasteiger partial charge on any atom is 0.257 e. The van der Waals surface area contributed by atoms with E-state index < -0.39 is 0 Å². The predicted molar refractivity (Wildman–Crippen MR) is 114 cm³/mol. The summed E-state index contributed by atoms with van der Waals surface area (Å²) in [5, 5.41) is 4.01. The molecule has 138 valence electrons. The van der Waals surface area contributed by atoms with Crippen LogP contribution in [0.15, 0.2) is 96.1 Å². The third-order valence-corrected chi connectivity index (χ3v) is 4.67. The fourth-order valence-corrected chi connectivity index (χ4v) is 3.17. The summed E-state index contributed by atoms with van der Waals surface area (Å²) in [6, 6.07) is 24.6. The Balaban J connectivity index is 1.79. The molecule has 2 aromatic carbocycles. The van der Waals surface area contributed by atoms with Crippen molar-refractivity contribution in [3.05, 3.63) is 112 Å². The molecule has 0 aliphatic heterocycles. The second-order valence-corrected chi connectivity index (χ2v) is 6.80. The van der Waals surface area contributed by atoms with E-state index in [9.17, 15) is 4.79 Å². The molecule has 4 nitrogen and oxygen atoms in total. The van der Waals surface area contributed by atoms with Gasteiger partial charge >= 0.3 is 0 Å². The minimum atomic E-state index is -0.114. The standard InChI is InChI=1S/C23H18ClN3O/c24-20-8-10-21(11-9-20)27-22(26-16-17-5-4-12-25-15-17)13-19(14-23(27)28)18-6-2-1-3-7-18/h1-15,26H,16H2. The lowest BCUT2D eigenvalue weighted by atomic mass is 10.1. The molecule has 0 spiro atoms. The van der Waals surface area contributed by atoms with Crippen LogP contribution in [-0.4, -0.2) is 9.55 Å². The molecule has 5 heteroatoms. The number of benzene rings is 2. The van der Waals surface area contributed by atoms with E-state index in [4.69, 9.17) is 11.6 Å². The second kappa shape index (κ2) is 8.11. The minimum absolute atomic E-state index is 0.114. The molecule has 4 rings (SSSR count). The van der Waals surface area contributed by atoms with E-state index >= 15 is 0 Å². The maximum absolute atomic E-state index is 13.0. The zero-order chi connectivity index (χ0) is 19.3. The van der Waals surface area contributed by atoms with Crippen LogP contribution in [-0.2, 0) is 6.54 Å². The molecule has 0 fully saturated rings. The molecule has 0 radical (unpaired) electrons. The Hall–Kier alpha value is -3.37. The summed E-state index contributed by atoms with van der Waals surface area (Å²) in [5.41, 5.74) is 3.53. The second-order valence-electron chi connectivity index (χ2n) is 6.36. The van der Waals surface area contributed by atoms with Crippen LogP contribution in [0.2, 0.25) is 5.02 Å². The van der Waals surface area contributed by atoms with Crippen LogP contribution < -0.4 is 10.9 Å². The van der Waals surface area contributed by atoms with Crippen molar-refractivity contribution < 1.29 is 0 Å². The molecule has 0 aliphatic carbocycles. The SMILES string of the molecule is O=c1cc(-c2ccccc2)cc(NCc2cccnc2)n1-c1ccc(Cl)cc1. The van der Waals surface area contributed by atoms with Crippen molar-refractivity contribution in [1.29, 1.82) is 0 Å². The summed E-state index contributed by atoms with van der Waals surface area (Å²) in [4.78, 5) is 17.2. The van der Waals surface area contributed by atoms with Gasteiger partial charge in [-0.3, -0.25) is 14.3 Å². The van der Waals surface area contributed by atoms with Crippen LogP contribution in [0, 0.1) is 0 Å². The molecule has 0 saturated carbocycles. The third kappa shape index (κ3) is 3.97. The van der Waals surface area contributed by atoms with Crippen molar-refractivity contribution in [1.82, 2.24) is 9.55 Å². The first-order chi connectivity index (χ1) is 13.7. The van der Waals surface area contributed by atoms with Crippen LogP contribution in [0.5, 0.6) is 0 Å². The molecule has 0 aliphatic rings. The minimum Gasteiger partial charge on any atom is -0.367 e. The predicted octanol–water partition coefficient (Wildman–Crippen LogP) is 5.17. The highest BCUT2D eigenvalue weighted by Crippen LogP contribution is 2.24. The maximum atomic E-state index is 13.0. The van der Waals surface area contributed by atoms with Crippen LogP contribution in [0.1, 0.15) is 5.56 Å². The first-order valence-corrected chi connectivity index (χ1v) is 9.30. The third-order valence-electron chi connectivity index (χ3n) is 4.42. The first-order valence-electron chi connectivity index (χ1n) is 8.92. The van der Waals surface area contributed by atoms with Crippen molar-refractivity contribution in [2.75, 3.05) is 5.32 Å². The number of rotatable bonds is 5. The lowest BCUT2D eigenvalue weighted by Gasteiger charge is -2.16. The molecule has 0 saturated heterocycles. The molecule has 2 aromatic heterocycles. The van der Waals surface area contributed by atoms with Crippen LogP contribution in [0.25, 0.3) is 16.8 Å². The van der Waals surface area contributed by atoms with Crippen LogP contribution in [0.3, 0.4) is 0 Å². The van der Waals surface area contributed by atoms with Gasteiger partial charge in [0.25, 0.3) is 5.56 Å². The Morgan fingerprint density at radius 3 is 2.39 bits per heavy atom. The van der Waals surface area contributed by atoms with Gasteiger partial charge in [0.2, 0.25) is 0 Å². The number of aromatic nitrogens is 2. The van der Waals surface area contributed by atoms with Crippen LogP contribution in [0.4, 0.5) is 5.82 Å². The molecule has 0 unspecified atom stereocenters. The monoisotopic (exact) mass is 387 g/mol. The normalized spacial score (nSPS) is 10.6. The summed E-state index contributed by atoms with van der Waals surface area (Å²) < 4.78 is 1.65. The van der Waals surface area contributed by atoms with Gasteiger partial charge in [0.15, 0.2) is 0 Å². The summed E-state index contributed by atoms with van der Waals surface area (Å²) >= 11 is 6.02. The Morgan fingerprint density at radius 2 is 1.68 bits per heavy atom. The van der Waals surface area contributed by atoms with Crippen molar-refractivity contribution in [2.45, 2.75) is 6.54 Å². The molecule has 2 heterocycles. The van der Waals surface area contributed by atoms with E-state index in [0.717, 1.165) is 22.4 Å². The lowest BCUT2D eigenvalue weighted by Crippen LogP contribution is -2.21. The van der Waals surface area contributed by atoms with E-state index in [-0.39, 0.29) is 5.56 Å². The van der Waals surface area contributed by atoms with Crippen molar-refractivity contribution in [3.8, 4) is 16.8 Å². The van der Waals surface area contributed by atoms with E-state index in [1.165, 1.54) is 0 Å². The average molecular weight is 388 g/mol. The fourth-order valence-electron chi connectivity index (χ4n) is 3.05. The molecule has 0 bridgehead atoms. The number of nitrogens with one attached hydrogen (secondary N) is 1. The largest absolute Gasteiger partial charge is 0.367 e. The Kier molecular flexibility index (Phi) is 5.22. The Morgan fingerprint density at radius 1 is 0.893 bits per heavy atom. The van der Waals surface area contributed by atoms with Crippen LogP contribution >= 0.6 is 11.6 Å². The first kappa shape index (κ1) is 18.0. The zero-order valence-electron chi connectivity index (χ0n) is 15.0. The molecule has 0 atom stereocenters. The van der Waals surface area contributed by atoms with Gasteiger partial charge in [0.1, 0.15) is 5.82 Å². The van der Waals surface area contributed by atoms with Crippen molar-refractivity contribution in [3.63, 3.8) is 0 Å². The summed E-state index contributed by atoms with van der Waals surface area (Å²) in [7, 11) is 0. The topological polar surface area (TPSA) is 46.9 Å².